The lowest BCUT2D eigenvalue weighted by Crippen LogP contribution is -2.26. The van der Waals surface area contributed by atoms with Gasteiger partial charge in [0, 0.05) is 18.3 Å². The number of rotatable bonds is 4. The summed E-state index contributed by atoms with van der Waals surface area (Å²) in [5, 5.41) is 9.10. The largest absolute Gasteiger partial charge is 0.478 e. The van der Waals surface area contributed by atoms with Crippen LogP contribution in [-0.2, 0) is 6.54 Å². The van der Waals surface area contributed by atoms with Crippen LogP contribution < -0.4 is 5.73 Å². The second-order valence-electron chi connectivity index (χ2n) is 4.20. The van der Waals surface area contributed by atoms with Gasteiger partial charge in [0.1, 0.15) is 0 Å². The van der Waals surface area contributed by atoms with Crippen LogP contribution in [0.15, 0.2) is 18.2 Å². The minimum absolute atomic E-state index is 0.218. The number of nitrogens with two attached hydrogens (primary N) is 1. The topological polar surface area (TPSA) is 66.6 Å². The molecule has 0 bridgehead atoms. The zero-order chi connectivity index (χ0) is 12.3. The van der Waals surface area contributed by atoms with Gasteiger partial charge in [-0.05, 0) is 32.5 Å². The molecule has 0 spiro atoms. The van der Waals surface area contributed by atoms with E-state index in [-0.39, 0.29) is 5.56 Å². The monoisotopic (exact) mass is 222 g/mol. The standard InChI is InChI=1S/C12H18N2O2/c1-8(2)14(3)7-9-5-4-6-10(13)11(9)12(15)16/h4-6,8H,7,13H2,1-3H3,(H,15,16). The zero-order valence-corrected chi connectivity index (χ0v) is 9.90. The van der Waals surface area contributed by atoms with Crippen molar-refractivity contribution < 1.29 is 9.90 Å². The Hall–Kier alpha value is -1.55. The van der Waals surface area contributed by atoms with Gasteiger partial charge in [-0.3, -0.25) is 4.90 Å². The Labute approximate surface area is 95.7 Å². The minimum Gasteiger partial charge on any atom is -0.478 e. The van der Waals surface area contributed by atoms with E-state index in [4.69, 9.17) is 10.8 Å². The molecular formula is C12H18N2O2. The summed E-state index contributed by atoms with van der Waals surface area (Å²) in [6, 6.07) is 5.56. The van der Waals surface area contributed by atoms with Crippen LogP contribution in [0.4, 0.5) is 5.69 Å². The first-order chi connectivity index (χ1) is 7.43. The van der Waals surface area contributed by atoms with Gasteiger partial charge in [-0.25, -0.2) is 4.79 Å². The Bertz CT molecular complexity index is 389. The summed E-state index contributed by atoms with van der Waals surface area (Å²) in [7, 11) is 1.96. The number of aromatic carboxylic acids is 1. The number of anilines is 1. The van der Waals surface area contributed by atoms with Gasteiger partial charge in [-0.1, -0.05) is 12.1 Å². The predicted molar refractivity (Wildman–Crippen MR) is 64.4 cm³/mol. The first-order valence-corrected chi connectivity index (χ1v) is 5.24. The van der Waals surface area contributed by atoms with Crippen molar-refractivity contribution in [3.05, 3.63) is 29.3 Å². The molecule has 1 rings (SSSR count). The summed E-state index contributed by atoms with van der Waals surface area (Å²) < 4.78 is 0. The molecule has 16 heavy (non-hydrogen) atoms. The molecule has 0 radical (unpaired) electrons. The van der Waals surface area contributed by atoms with E-state index in [0.717, 1.165) is 5.56 Å². The van der Waals surface area contributed by atoms with Gasteiger partial charge in [-0.2, -0.15) is 0 Å². The van der Waals surface area contributed by atoms with Crippen LogP contribution in [0.25, 0.3) is 0 Å². The first kappa shape index (κ1) is 12.5. The molecular weight excluding hydrogens is 204 g/mol. The van der Waals surface area contributed by atoms with Gasteiger partial charge in [0.25, 0.3) is 0 Å². The molecule has 0 aliphatic carbocycles. The first-order valence-electron chi connectivity index (χ1n) is 5.24. The molecule has 4 nitrogen and oxygen atoms in total. The molecule has 0 unspecified atom stereocenters. The molecule has 0 saturated heterocycles. The fourth-order valence-corrected chi connectivity index (χ4v) is 1.46. The molecule has 88 valence electrons. The van der Waals surface area contributed by atoms with Crippen LogP contribution in [0.2, 0.25) is 0 Å². The van der Waals surface area contributed by atoms with E-state index in [0.29, 0.717) is 18.3 Å². The van der Waals surface area contributed by atoms with Gasteiger partial charge in [0.05, 0.1) is 5.56 Å². The molecule has 0 aliphatic rings. The molecule has 0 heterocycles. The predicted octanol–water partition coefficient (Wildman–Crippen LogP) is 1.81. The van der Waals surface area contributed by atoms with E-state index < -0.39 is 5.97 Å². The highest BCUT2D eigenvalue weighted by molar-refractivity contribution is 5.95. The van der Waals surface area contributed by atoms with Crippen molar-refractivity contribution >= 4 is 11.7 Å². The average Bonchev–Trinajstić information content (AvgIpc) is 2.16. The van der Waals surface area contributed by atoms with Crippen molar-refractivity contribution in [1.82, 2.24) is 4.90 Å². The molecule has 0 amide bonds. The fourth-order valence-electron chi connectivity index (χ4n) is 1.46. The number of carboxylic acid groups (broad SMARTS) is 1. The van der Waals surface area contributed by atoms with Gasteiger partial charge in [-0.15, -0.1) is 0 Å². The van der Waals surface area contributed by atoms with E-state index in [9.17, 15) is 4.79 Å². The number of hydrogen-bond donors (Lipinski definition) is 2. The van der Waals surface area contributed by atoms with E-state index in [2.05, 4.69) is 18.7 Å². The SMILES string of the molecule is CC(C)N(C)Cc1cccc(N)c1C(=O)O. The van der Waals surface area contributed by atoms with Gasteiger partial charge >= 0.3 is 5.97 Å². The Balaban J connectivity index is 3.04. The van der Waals surface area contributed by atoms with E-state index in [1.165, 1.54) is 0 Å². The van der Waals surface area contributed by atoms with Crippen LogP contribution in [0.3, 0.4) is 0 Å². The highest BCUT2D eigenvalue weighted by Crippen LogP contribution is 2.19. The molecule has 0 aliphatic heterocycles. The van der Waals surface area contributed by atoms with Crippen molar-refractivity contribution in [1.29, 1.82) is 0 Å². The van der Waals surface area contributed by atoms with Crippen molar-refractivity contribution in [2.45, 2.75) is 26.4 Å². The molecule has 4 heteroatoms. The fraction of sp³-hybridized carbons (Fsp3) is 0.417. The third-order valence-electron chi connectivity index (χ3n) is 2.70. The summed E-state index contributed by atoms with van der Waals surface area (Å²) in [4.78, 5) is 13.2. The van der Waals surface area contributed by atoms with Gasteiger partial charge < -0.3 is 10.8 Å². The van der Waals surface area contributed by atoms with Crippen LogP contribution in [0.5, 0.6) is 0 Å². The Morgan fingerprint density at radius 3 is 2.62 bits per heavy atom. The third kappa shape index (κ3) is 2.73. The molecule has 0 saturated carbocycles. The summed E-state index contributed by atoms with van der Waals surface area (Å²) in [6.07, 6.45) is 0. The summed E-state index contributed by atoms with van der Waals surface area (Å²) >= 11 is 0. The van der Waals surface area contributed by atoms with Gasteiger partial charge in [0.15, 0.2) is 0 Å². The highest BCUT2D eigenvalue weighted by atomic mass is 16.4. The van der Waals surface area contributed by atoms with E-state index in [1.807, 2.05) is 7.05 Å². The summed E-state index contributed by atoms with van der Waals surface area (Å²) in [5.41, 5.74) is 6.97. The van der Waals surface area contributed by atoms with Gasteiger partial charge in [0.2, 0.25) is 0 Å². The number of carbonyl (C=O) groups is 1. The zero-order valence-electron chi connectivity index (χ0n) is 9.90. The lowest BCUT2D eigenvalue weighted by Gasteiger charge is -2.22. The third-order valence-corrected chi connectivity index (χ3v) is 2.70. The normalized spacial score (nSPS) is 11.1. The van der Waals surface area contributed by atoms with Crippen LogP contribution in [0.1, 0.15) is 29.8 Å². The van der Waals surface area contributed by atoms with Crippen LogP contribution in [0, 0.1) is 0 Å². The van der Waals surface area contributed by atoms with Crippen molar-refractivity contribution in [2.75, 3.05) is 12.8 Å². The number of nitrogen functional groups attached to an aromatic ring is 1. The van der Waals surface area contributed by atoms with E-state index >= 15 is 0 Å². The Kier molecular flexibility index (Phi) is 3.90. The van der Waals surface area contributed by atoms with E-state index in [1.54, 1.807) is 18.2 Å². The number of hydrogen-bond acceptors (Lipinski definition) is 3. The maximum Gasteiger partial charge on any atom is 0.338 e. The van der Waals surface area contributed by atoms with Crippen LogP contribution >= 0.6 is 0 Å². The summed E-state index contributed by atoms with van der Waals surface area (Å²) in [6.45, 7) is 4.71. The molecule has 1 aromatic carbocycles. The molecule has 0 fully saturated rings. The quantitative estimate of drug-likeness (QED) is 0.762. The van der Waals surface area contributed by atoms with Crippen molar-refractivity contribution in [3.8, 4) is 0 Å². The number of carboxylic acids is 1. The molecule has 0 atom stereocenters. The minimum atomic E-state index is -0.967. The smallest absolute Gasteiger partial charge is 0.338 e. The second kappa shape index (κ2) is 4.99. The molecule has 3 N–H and O–H groups in total. The number of nitrogens with zero attached hydrogens (tertiary/aromatic N) is 1. The Morgan fingerprint density at radius 2 is 2.12 bits per heavy atom. The lowest BCUT2D eigenvalue weighted by molar-refractivity contribution is 0.0695. The van der Waals surface area contributed by atoms with Crippen LogP contribution in [-0.4, -0.2) is 29.1 Å². The highest BCUT2D eigenvalue weighted by Gasteiger charge is 2.15. The molecule has 1 aromatic rings. The lowest BCUT2D eigenvalue weighted by atomic mass is 10.0. The average molecular weight is 222 g/mol. The maximum atomic E-state index is 11.1. The molecule has 0 aromatic heterocycles. The maximum absolute atomic E-state index is 11.1. The number of benzene rings is 1. The van der Waals surface area contributed by atoms with Crippen molar-refractivity contribution in [3.63, 3.8) is 0 Å². The van der Waals surface area contributed by atoms with Crippen molar-refractivity contribution in [2.24, 2.45) is 0 Å². The Morgan fingerprint density at radius 1 is 1.50 bits per heavy atom. The second-order valence-corrected chi connectivity index (χ2v) is 4.20. The summed E-state index contributed by atoms with van der Waals surface area (Å²) in [5.74, 6) is -0.967.